The molecule has 0 saturated carbocycles. The van der Waals surface area contributed by atoms with Crippen molar-refractivity contribution in [2.45, 2.75) is 44.8 Å². The van der Waals surface area contributed by atoms with Crippen molar-refractivity contribution >= 4 is 6.03 Å². The van der Waals surface area contributed by atoms with Gasteiger partial charge in [-0.25, -0.2) is 4.79 Å². The first-order valence-electron chi connectivity index (χ1n) is 7.56. The standard InChI is InChI=1S/C16H24N2O3/c1-3-6-12(19)9-17-16(20)18-11(2)14-10-21-15-8-5-4-7-13(14)15/h4-5,7-8,11-12,14,19H,3,6,9-10H2,1-2H3,(H2,17,18,20). The van der Waals surface area contributed by atoms with Crippen molar-refractivity contribution in [1.82, 2.24) is 10.6 Å². The Balaban J connectivity index is 1.82. The minimum Gasteiger partial charge on any atom is -0.493 e. The largest absolute Gasteiger partial charge is 0.493 e. The van der Waals surface area contributed by atoms with E-state index in [2.05, 4.69) is 10.6 Å². The molecule has 2 rings (SSSR count). The van der Waals surface area contributed by atoms with Gasteiger partial charge in [-0.2, -0.15) is 0 Å². The Bertz CT molecular complexity index is 478. The number of nitrogens with one attached hydrogen (secondary N) is 2. The Morgan fingerprint density at radius 1 is 1.48 bits per heavy atom. The summed E-state index contributed by atoms with van der Waals surface area (Å²) in [6.45, 7) is 4.84. The first kappa shape index (κ1) is 15.6. The molecule has 0 aliphatic carbocycles. The molecule has 1 aliphatic rings. The third kappa shape index (κ3) is 4.11. The third-order valence-corrected chi connectivity index (χ3v) is 3.82. The number of carbonyl (C=O) groups excluding carboxylic acids is 1. The summed E-state index contributed by atoms with van der Waals surface area (Å²) in [6.07, 6.45) is 1.11. The van der Waals surface area contributed by atoms with E-state index in [9.17, 15) is 9.90 Å². The van der Waals surface area contributed by atoms with Crippen molar-refractivity contribution in [3.05, 3.63) is 29.8 Å². The Hall–Kier alpha value is -1.75. The Labute approximate surface area is 125 Å². The number of urea groups is 1. The minimum absolute atomic E-state index is 0.0306. The molecular formula is C16H24N2O3. The SMILES string of the molecule is CCCC(O)CNC(=O)NC(C)C1COc2ccccc21. The van der Waals surface area contributed by atoms with E-state index in [0.29, 0.717) is 13.0 Å². The fourth-order valence-electron chi connectivity index (χ4n) is 2.61. The highest BCUT2D eigenvalue weighted by Crippen LogP contribution is 2.35. The van der Waals surface area contributed by atoms with Crippen LogP contribution in [0.2, 0.25) is 0 Å². The second kappa shape index (κ2) is 7.31. The van der Waals surface area contributed by atoms with Crippen LogP contribution in [0.15, 0.2) is 24.3 Å². The highest BCUT2D eigenvalue weighted by atomic mass is 16.5. The van der Waals surface area contributed by atoms with Crippen LogP contribution >= 0.6 is 0 Å². The molecule has 2 amide bonds. The number of carbonyl (C=O) groups is 1. The van der Waals surface area contributed by atoms with E-state index in [-0.39, 0.29) is 24.5 Å². The maximum atomic E-state index is 11.9. The number of amides is 2. The average molecular weight is 292 g/mol. The molecule has 116 valence electrons. The van der Waals surface area contributed by atoms with Gasteiger partial charge in [0.2, 0.25) is 0 Å². The molecule has 5 heteroatoms. The third-order valence-electron chi connectivity index (χ3n) is 3.82. The lowest BCUT2D eigenvalue weighted by Crippen LogP contribution is -2.45. The molecular weight excluding hydrogens is 268 g/mol. The zero-order chi connectivity index (χ0) is 15.2. The Kier molecular flexibility index (Phi) is 5.44. The van der Waals surface area contributed by atoms with Crippen LogP contribution in [0, 0.1) is 0 Å². The summed E-state index contributed by atoms with van der Waals surface area (Å²) in [5.41, 5.74) is 1.14. The van der Waals surface area contributed by atoms with Gasteiger partial charge in [0.25, 0.3) is 0 Å². The topological polar surface area (TPSA) is 70.6 Å². The van der Waals surface area contributed by atoms with Gasteiger partial charge in [0.15, 0.2) is 0 Å². The normalized spacial score (nSPS) is 19.3. The first-order chi connectivity index (χ1) is 10.1. The number of para-hydroxylation sites is 1. The smallest absolute Gasteiger partial charge is 0.315 e. The van der Waals surface area contributed by atoms with Gasteiger partial charge in [0.1, 0.15) is 5.75 Å². The lowest BCUT2D eigenvalue weighted by atomic mass is 9.94. The summed E-state index contributed by atoms with van der Waals surface area (Å²) >= 11 is 0. The molecule has 0 spiro atoms. The predicted molar refractivity (Wildman–Crippen MR) is 81.6 cm³/mol. The molecule has 3 N–H and O–H groups in total. The van der Waals surface area contributed by atoms with Gasteiger partial charge in [-0.1, -0.05) is 31.5 Å². The second-order valence-electron chi connectivity index (χ2n) is 5.54. The molecule has 0 bridgehead atoms. The summed E-state index contributed by atoms with van der Waals surface area (Å²) in [4.78, 5) is 11.9. The van der Waals surface area contributed by atoms with Crippen molar-refractivity contribution in [2.75, 3.05) is 13.2 Å². The molecule has 5 nitrogen and oxygen atoms in total. The maximum Gasteiger partial charge on any atom is 0.315 e. The van der Waals surface area contributed by atoms with E-state index >= 15 is 0 Å². The predicted octanol–water partition coefficient (Wildman–Crippen LogP) is 2.01. The molecule has 3 unspecified atom stereocenters. The molecule has 0 saturated heterocycles. The molecule has 0 radical (unpaired) electrons. The fourth-order valence-corrected chi connectivity index (χ4v) is 2.61. The van der Waals surface area contributed by atoms with Crippen molar-refractivity contribution in [3.8, 4) is 5.75 Å². The van der Waals surface area contributed by atoms with Gasteiger partial charge >= 0.3 is 6.03 Å². The Morgan fingerprint density at radius 2 is 2.24 bits per heavy atom. The van der Waals surface area contributed by atoms with Crippen molar-refractivity contribution in [1.29, 1.82) is 0 Å². The van der Waals surface area contributed by atoms with E-state index in [1.54, 1.807) is 0 Å². The van der Waals surface area contributed by atoms with E-state index in [1.807, 2.05) is 38.1 Å². The molecule has 0 aromatic heterocycles. The molecule has 1 heterocycles. The molecule has 1 aromatic rings. The number of ether oxygens (including phenoxy) is 1. The zero-order valence-corrected chi connectivity index (χ0v) is 12.6. The maximum absolute atomic E-state index is 11.9. The summed E-state index contributed by atoms with van der Waals surface area (Å²) in [5, 5.41) is 15.2. The van der Waals surface area contributed by atoms with Crippen LogP contribution in [0.25, 0.3) is 0 Å². The van der Waals surface area contributed by atoms with Gasteiger partial charge in [-0.05, 0) is 19.4 Å². The van der Waals surface area contributed by atoms with Crippen LogP contribution in [0.1, 0.15) is 38.2 Å². The second-order valence-corrected chi connectivity index (χ2v) is 5.54. The quantitative estimate of drug-likeness (QED) is 0.751. The van der Waals surface area contributed by atoms with Crippen LogP contribution in [0.3, 0.4) is 0 Å². The summed E-state index contributed by atoms with van der Waals surface area (Å²) in [6, 6.07) is 7.63. The number of hydrogen-bond donors (Lipinski definition) is 3. The van der Waals surface area contributed by atoms with Crippen LogP contribution in [0.4, 0.5) is 4.79 Å². The van der Waals surface area contributed by atoms with Crippen molar-refractivity contribution in [2.24, 2.45) is 0 Å². The van der Waals surface area contributed by atoms with E-state index in [1.165, 1.54) is 0 Å². The number of hydrogen-bond acceptors (Lipinski definition) is 3. The van der Waals surface area contributed by atoms with E-state index in [4.69, 9.17) is 4.74 Å². The highest BCUT2D eigenvalue weighted by Gasteiger charge is 2.29. The number of aliphatic hydroxyl groups excluding tert-OH is 1. The number of benzene rings is 1. The molecule has 1 aromatic carbocycles. The zero-order valence-electron chi connectivity index (χ0n) is 12.6. The minimum atomic E-state index is -0.480. The Morgan fingerprint density at radius 3 is 3.00 bits per heavy atom. The molecule has 0 fully saturated rings. The number of fused-ring (bicyclic) bond motifs is 1. The highest BCUT2D eigenvalue weighted by molar-refractivity contribution is 5.74. The van der Waals surface area contributed by atoms with Crippen LogP contribution in [-0.4, -0.2) is 36.4 Å². The molecule has 3 atom stereocenters. The lowest BCUT2D eigenvalue weighted by Gasteiger charge is -2.20. The van der Waals surface area contributed by atoms with Crippen molar-refractivity contribution < 1.29 is 14.6 Å². The number of aliphatic hydroxyl groups is 1. The first-order valence-corrected chi connectivity index (χ1v) is 7.56. The summed E-state index contributed by atoms with van der Waals surface area (Å²) in [7, 11) is 0. The van der Waals surface area contributed by atoms with E-state index < -0.39 is 6.10 Å². The van der Waals surface area contributed by atoms with Crippen LogP contribution in [0.5, 0.6) is 5.75 Å². The summed E-state index contributed by atoms with van der Waals surface area (Å²) < 4.78 is 5.63. The van der Waals surface area contributed by atoms with Gasteiger partial charge in [0.05, 0.1) is 12.7 Å². The molecule has 1 aliphatic heterocycles. The monoisotopic (exact) mass is 292 g/mol. The van der Waals surface area contributed by atoms with E-state index in [0.717, 1.165) is 17.7 Å². The van der Waals surface area contributed by atoms with Gasteiger partial charge < -0.3 is 20.5 Å². The average Bonchev–Trinajstić information content (AvgIpc) is 2.89. The fraction of sp³-hybridized carbons (Fsp3) is 0.562. The van der Waals surface area contributed by atoms with Gasteiger partial charge in [0, 0.05) is 24.1 Å². The van der Waals surface area contributed by atoms with Gasteiger partial charge in [-0.15, -0.1) is 0 Å². The van der Waals surface area contributed by atoms with Crippen molar-refractivity contribution in [3.63, 3.8) is 0 Å². The lowest BCUT2D eigenvalue weighted by molar-refractivity contribution is 0.159. The number of rotatable bonds is 6. The van der Waals surface area contributed by atoms with Gasteiger partial charge in [-0.3, -0.25) is 0 Å². The molecule has 21 heavy (non-hydrogen) atoms. The van der Waals surface area contributed by atoms with Crippen LogP contribution in [-0.2, 0) is 0 Å². The van der Waals surface area contributed by atoms with Crippen LogP contribution < -0.4 is 15.4 Å². The summed E-state index contributed by atoms with van der Waals surface area (Å²) in [5.74, 6) is 1.06.